The lowest BCUT2D eigenvalue weighted by Crippen LogP contribution is -2.36. The molecule has 0 amide bonds. The molecule has 0 spiro atoms. The molecule has 2 aliphatic rings. The van der Waals surface area contributed by atoms with Crippen LogP contribution in [0.3, 0.4) is 0 Å². The maximum absolute atomic E-state index is 14.2. The van der Waals surface area contributed by atoms with Gasteiger partial charge in [0.15, 0.2) is 0 Å². The van der Waals surface area contributed by atoms with E-state index in [0.717, 1.165) is 25.2 Å². The lowest BCUT2D eigenvalue weighted by molar-refractivity contribution is 0.0859. The molecule has 1 fully saturated rings. The van der Waals surface area contributed by atoms with Crippen molar-refractivity contribution in [1.29, 1.82) is 0 Å². The Morgan fingerprint density at radius 1 is 1.16 bits per heavy atom. The number of hydrogen-bond acceptors (Lipinski definition) is 7. The van der Waals surface area contributed by atoms with Crippen LogP contribution in [0.5, 0.6) is 0 Å². The zero-order chi connectivity index (χ0) is 21.7. The zero-order valence-electron chi connectivity index (χ0n) is 17.0. The second-order valence-electron chi connectivity index (χ2n) is 8.17. The Bertz CT molecular complexity index is 1330. The Kier molecular flexibility index (Phi) is 4.47. The van der Waals surface area contributed by atoms with Gasteiger partial charge in [0.05, 0.1) is 22.7 Å². The van der Waals surface area contributed by atoms with Gasteiger partial charge in [0.1, 0.15) is 24.1 Å². The highest BCUT2D eigenvalue weighted by Gasteiger charge is 2.36. The highest BCUT2D eigenvalue weighted by molar-refractivity contribution is 5.95. The van der Waals surface area contributed by atoms with Gasteiger partial charge in [0, 0.05) is 11.9 Å². The minimum Gasteiger partial charge on any atom is -0.299 e. The quantitative estimate of drug-likeness (QED) is 0.454. The second kappa shape index (κ2) is 7.50. The van der Waals surface area contributed by atoms with E-state index in [-0.39, 0.29) is 5.39 Å². The summed E-state index contributed by atoms with van der Waals surface area (Å²) < 4.78 is 14.2. The molecule has 32 heavy (non-hydrogen) atoms. The molecule has 2 aromatic heterocycles. The van der Waals surface area contributed by atoms with Crippen molar-refractivity contribution in [2.75, 3.05) is 18.6 Å². The molecule has 0 bridgehead atoms. The molecule has 3 N–H and O–H groups in total. The topological polar surface area (TPSA) is 112 Å². The molecule has 2 atom stereocenters. The van der Waals surface area contributed by atoms with Crippen molar-refractivity contribution >= 4 is 16.5 Å². The number of rotatable bonds is 4. The highest BCUT2D eigenvalue weighted by atomic mass is 19.1. The van der Waals surface area contributed by atoms with Gasteiger partial charge in [-0.25, -0.2) is 14.5 Å². The Morgan fingerprint density at radius 2 is 2.00 bits per heavy atom. The van der Waals surface area contributed by atoms with E-state index in [1.807, 2.05) is 12.1 Å². The number of benzene rings is 2. The molecule has 9 nitrogen and oxygen atoms in total. The number of anilines is 1. The number of likely N-dealkylation sites (tertiary alicyclic amines) is 1. The minimum atomic E-state index is -0.557. The number of hydrogen-bond donors (Lipinski definition) is 3. The van der Waals surface area contributed by atoms with Crippen LogP contribution in [0.15, 0.2) is 47.5 Å². The predicted octanol–water partition coefficient (Wildman–Crippen LogP) is 2.62. The first-order chi connectivity index (χ1) is 15.7. The molecule has 2 aromatic carbocycles. The Morgan fingerprint density at radius 3 is 2.72 bits per heavy atom. The molecule has 4 aromatic rings. The van der Waals surface area contributed by atoms with Crippen LogP contribution in [-0.2, 0) is 11.4 Å². The maximum Gasteiger partial charge on any atom is 0.272 e. The van der Waals surface area contributed by atoms with Crippen molar-refractivity contribution in [2.45, 2.75) is 25.0 Å². The van der Waals surface area contributed by atoms with Crippen molar-refractivity contribution in [3.63, 3.8) is 0 Å². The largest absolute Gasteiger partial charge is 0.299 e. The summed E-state index contributed by atoms with van der Waals surface area (Å²) in [5, 5.41) is 14.4. The van der Waals surface area contributed by atoms with E-state index in [1.165, 1.54) is 30.4 Å². The van der Waals surface area contributed by atoms with E-state index in [4.69, 9.17) is 4.84 Å². The van der Waals surface area contributed by atoms with E-state index in [1.54, 1.807) is 0 Å². The van der Waals surface area contributed by atoms with Crippen molar-refractivity contribution in [2.24, 2.45) is 0 Å². The molecule has 162 valence electrons. The summed E-state index contributed by atoms with van der Waals surface area (Å²) >= 11 is 0. The summed E-state index contributed by atoms with van der Waals surface area (Å²) in [5.74, 6) is -0.534. The van der Waals surface area contributed by atoms with Crippen LogP contribution < -0.4 is 11.0 Å². The highest BCUT2D eigenvalue weighted by Crippen LogP contribution is 2.43. The smallest absolute Gasteiger partial charge is 0.272 e. The molecule has 1 saturated heterocycles. The van der Waals surface area contributed by atoms with Gasteiger partial charge in [-0.1, -0.05) is 24.3 Å². The van der Waals surface area contributed by atoms with Crippen LogP contribution in [0.25, 0.3) is 10.8 Å². The third-order valence-corrected chi connectivity index (χ3v) is 6.17. The Hall–Kier alpha value is -3.63. The van der Waals surface area contributed by atoms with Gasteiger partial charge < -0.3 is 0 Å². The predicted molar refractivity (Wildman–Crippen MR) is 114 cm³/mol. The van der Waals surface area contributed by atoms with Crippen molar-refractivity contribution in [1.82, 2.24) is 30.3 Å². The molecule has 6 rings (SSSR count). The van der Waals surface area contributed by atoms with E-state index in [9.17, 15) is 9.18 Å². The van der Waals surface area contributed by atoms with E-state index in [0.29, 0.717) is 22.6 Å². The average Bonchev–Trinajstić information content (AvgIpc) is 3.24. The van der Waals surface area contributed by atoms with Crippen LogP contribution in [0.4, 0.5) is 10.1 Å². The van der Waals surface area contributed by atoms with E-state index in [2.05, 4.69) is 47.9 Å². The van der Waals surface area contributed by atoms with Gasteiger partial charge in [-0.15, -0.1) is 0 Å². The van der Waals surface area contributed by atoms with Crippen LogP contribution in [-0.4, -0.2) is 43.4 Å². The molecule has 0 radical (unpaired) electrons. The van der Waals surface area contributed by atoms with Crippen LogP contribution in [0, 0.1) is 5.82 Å². The summed E-state index contributed by atoms with van der Waals surface area (Å²) in [6.45, 7) is 3.18. The lowest BCUT2D eigenvalue weighted by Gasteiger charge is -2.30. The van der Waals surface area contributed by atoms with Gasteiger partial charge in [-0.3, -0.25) is 25.1 Å². The first kappa shape index (κ1) is 19.1. The van der Waals surface area contributed by atoms with E-state index >= 15 is 0 Å². The van der Waals surface area contributed by atoms with Crippen LogP contribution >= 0.6 is 0 Å². The summed E-state index contributed by atoms with van der Waals surface area (Å²) in [4.78, 5) is 25.2. The van der Waals surface area contributed by atoms with Gasteiger partial charge >= 0.3 is 0 Å². The molecule has 0 saturated carbocycles. The first-order valence-corrected chi connectivity index (χ1v) is 10.5. The molecular weight excluding hydrogens is 413 g/mol. The molecule has 2 unspecified atom stereocenters. The average molecular weight is 433 g/mol. The number of aromatic nitrogens is 5. The summed E-state index contributed by atoms with van der Waals surface area (Å²) in [6, 6.07) is 10.7. The fraction of sp³-hybridized carbons (Fsp3) is 0.273. The van der Waals surface area contributed by atoms with Crippen molar-refractivity contribution in [3.05, 3.63) is 81.5 Å². The van der Waals surface area contributed by atoms with E-state index < -0.39 is 23.4 Å². The molecule has 0 aliphatic carbocycles. The number of halogens is 1. The SMILES string of the molecule is O=c1[nH]nc2c3c(cc(F)cc13)NOC(c1ccc(CN3CCC3)cc1)C2c1ncn[nH]1. The molecule has 10 heteroatoms. The second-order valence-corrected chi connectivity index (χ2v) is 8.17. The lowest BCUT2D eigenvalue weighted by atomic mass is 9.89. The standard InChI is InChI=1S/C22H20FN7O2/c23-14-8-15-17-16(9-14)29-32-20(13-4-2-12(3-5-13)10-30-6-1-7-30)18(21-24-11-25-27-21)19(17)26-28-22(15)31/h2-5,8-9,11,18,20,29H,1,6-7,10H2,(H,28,31)(H,24,25,27). The number of H-pyrrole nitrogens is 2. The maximum atomic E-state index is 14.2. The summed E-state index contributed by atoms with van der Waals surface area (Å²) in [5.41, 5.74) is 5.36. The fourth-order valence-corrected chi connectivity index (χ4v) is 4.44. The Balaban J connectivity index is 1.47. The normalized spacial score (nSPS) is 20.5. The molecule has 2 aliphatic heterocycles. The number of nitrogens with one attached hydrogen (secondary N) is 3. The number of nitrogens with zero attached hydrogens (tertiary/aromatic N) is 4. The molecule has 4 heterocycles. The minimum absolute atomic E-state index is 0.191. The van der Waals surface area contributed by atoms with Gasteiger partial charge in [-0.2, -0.15) is 10.2 Å². The monoisotopic (exact) mass is 433 g/mol. The summed E-state index contributed by atoms with van der Waals surface area (Å²) in [6.07, 6.45) is 2.11. The molecular formula is C22H20FN7O2. The van der Waals surface area contributed by atoms with Gasteiger partial charge in [0.25, 0.3) is 5.56 Å². The third-order valence-electron chi connectivity index (χ3n) is 6.17. The van der Waals surface area contributed by atoms with Gasteiger partial charge in [-0.05, 0) is 42.8 Å². The number of aromatic amines is 2. The van der Waals surface area contributed by atoms with Crippen LogP contribution in [0.1, 0.15) is 41.1 Å². The Labute approximate surface area is 181 Å². The fourth-order valence-electron chi connectivity index (χ4n) is 4.44. The van der Waals surface area contributed by atoms with Crippen molar-refractivity contribution < 1.29 is 9.23 Å². The zero-order valence-corrected chi connectivity index (χ0v) is 17.0. The van der Waals surface area contributed by atoms with Gasteiger partial charge in [0.2, 0.25) is 0 Å². The summed E-state index contributed by atoms with van der Waals surface area (Å²) in [7, 11) is 0. The third kappa shape index (κ3) is 3.15. The van der Waals surface area contributed by atoms with Crippen molar-refractivity contribution in [3.8, 4) is 0 Å². The van der Waals surface area contributed by atoms with Crippen LogP contribution in [0.2, 0.25) is 0 Å². The first-order valence-electron chi connectivity index (χ1n) is 10.5.